The summed E-state index contributed by atoms with van der Waals surface area (Å²) >= 11 is 0. The van der Waals surface area contributed by atoms with Crippen LogP contribution in [0, 0.1) is 5.41 Å². The summed E-state index contributed by atoms with van der Waals surface area (Å²) < 4.78 is 0. The summed E-state index contributed by atoms with van der Waals surface area (Å²) in [6.45, 7) is 8.31. The first kappa shape index (κ1) is 7.59. The molecule has 1 rings (SSSR count). The molecule has 0 N–H and O–H groups in total. The number of allylic oxidation sites excluding steroid dienone is 3. The van der Waals surface area contributed by atoms with Crippen LogP contribution in [-0.4, -0.2) is 0 Å². The van der Waals surface area contributed by atoms with Crippen molar-refractivity contribution in [1.82, 2.24) is 0 Å². The monoisotopic (exact) mass is 136 g/mol. The molecule has 1 unspecified atom stereocenters. The van der Waals surface area contributed by atoms with Crippen LogP contribution in [0.15, 0.2) is 24.3 Å². The highest BCUT2D eigenvalue weighted by Gasteiger charge is 2.20. The normalized spacial score (nSPS) is 33.2. The molecule has 1 aliphatic carbocycles. The Morgan fingerprint density at radius 1 is 1.70 bits per heavy atom. The topological polar surface area (TPSA) is 0 Å². The second-order valence-corrected chi connectivity index (χ2v) is 3.55. The fourth-order valence-corrected chi connectivity index (χ4v) is 1.62. The van der Waals surface area contributed by atoms with Crippen LogP contribution in [0.1, 0.15) is 33.1 Å². The maximum absolute atomic E-state index is 3.85. The molecular weight excluding hydrogens is 120 g/mol. The predicted molar refractivity (Wildman–Crippen MR) is 45.9 cm³/mol. The Bertz CT molecular complexity index is 165. The summed E-state index contributed by atoms with van der Waals surface area (Å²) in [6.07, 6.45) is 8.29. The third-order valence-corrected chi connectivity index (χ3v) is 2.33. The molecule has 0 bridgehead atoms. The third-order valence-electron chi connectivity index (χ3n) is 2.33. The van der Waals surface area contributed by atoms with Crippen LogP contribution in [0.3, 0.4) is 0 Å². The fourth-order valence-electron chi connectivity index (χ4n) is 1.62. The highest BCUT2D eigenvalue weighted by atomic mass is 14.2. The third kappa shape index (κ3) is 1.50. The predicted octanol–water partition coefficient (Wildman–Crippen LogP) is 3.31. The molecule has 0 aromatic heterocycles. The van der Waals surface area contributed by atoms with Gasteiger partial charge in [-0.3, -0.25) is 0 Å². The van der Waals surface area contributed by atoms with E-state index in [1.165, 1.54) is 24.8 Å². The quantitative estimate of drug-likeness (QED) is 0.485. The van der Waals surface area contributed by atoms with Crippen molar-refractivity contribution < 1.29 is 0 Å². The Morgan fingerprint density at radius 2 is 2.40 bits per heavy atom. The van der Waals surface area contributed by atoms with Crippen LogP contribution in [0.25, 0.3) is 0 Å². The Hall–Kier alpha value is -0.520. The largest absolute Gasteiger partial charge is 0.102 e. The summed E-state index contributed by atoms with van der Waals surface area (Å²) in [5.74, 6) is 0. The van der Waals surface area contributed by atoms with E-state index < -0.39 is 0 Å². The molecular formula is C10H16. The Kier molecular flexibility index (Phi) is 1.98. The fraction of sp³-hybridized carbons (Fsp3) is 0.600. The van der Waals surface area contributed by atoms with E-state index in [1.807, 2.05) is 0 Å². The van der Waals surface area contributed by atoms with Gasteiger partial charge in [-0.25, -0.2) is 0 Å². The van der Waals surface area contributed by atoms with Crippen molar-refractivity contribution in [2.24, 2.45) is 5.41 Å². The highest BCUT2D eigenvalue weighted by molar-refractivity contribution is 5.15. The molecule has 0 spiro atoms. The van der Waals surface area contributed by atoms with Gasteiger partial charge < -0.3 is 0 Å². The van der Waals surface area contributed by atoms with Crippen molar-refractivity contribution >= 4 is 0 Å². The smallest absolute Gasteiger partial charge is 0.00327 e. The van der Waals surface area contributed by atoms with Crippen molar-refractivity contribution in [3.05, 3.63) is 24.3 Å². The lowest BCUT2D eigenvalue weighted by Crippen LogP contribution is -2.13. The maximum atomic E-state index is 3.85. The number of hydrogen-bond donors (Lipinski definition) is 0. The maximum Gasteiger partial charge on any atom is 0.00327 e. The molecule has 0 nitrogen and oxygen atoms in total. The molecule has 1 atom stereocenters. The molecule has 0 heteroatoms. The van der Waals surface area contributed by atoms with Gasteiger partial charge in [0, 0.05) is 5.41 Å². The van der Waals surface area contributed by atoms with E-state index in [4.69, 9.17) is 0 Å². The van der Waals surface area contributed by atoms with Crippen molar-refractivity contribution in [2.75, 3.05) is 0 Å². The SMILES string of the molecule is C=CC1(C)C=C(C)CCC1. The second kappa shape index (κ2) is 2.61. The van der Waals surface area contributed by atoms with Gasteiger partial charge in [-0.05, 0) is 26.2 Å². The molecule has 0 aliphatic heterocycles. The van der Waals surface area contributed by atoms with Gasteiger partial charge in [-0.15, -0.1) is 6.58 Å². The summed E-state index contributed by atoms with van der Waals surface area (Å²) in [5, 5.41) is 0. The van der Waals surface area contributed by atoms with E-state index in [0.29, 0.717) is 5.41 Å². The minimum atomic E-state index is 0.294. The van der Waals surface area contributed by atoms with Crippen molar-refractivity contribution in [3.8, 4) is 0 Å². The van der Waals surface area contributed by atoms with Gasteiger partial charge in [-0.2, -0.15) is 0 Å². The van der Waals surface area contributed by atoms with Crippen LogP contribution in [-0.2, 0) is 0 Å². The van der Waals surface area contributed by atoms with Crippen LogP contribution < -0.4 is 0 Å². The minimum absolute atomic E-state index is 0.294. The van der Waals surface area contributed by atoms with Crippen LogP contribution in [0.5, 0.6) is 0 Å². The van der Waals surface area contributed by atoms with Crippen LogP contribution in [0.4, 0.5) is 0 Å². The lowest BCUT2D eigenvalue weighted by atomic mass is 9.78. The second-order valence-electron chi connectivity index (χ2n) is 3.55. The Morgan fingerprint density at radius 3 is 2.80 bits per heavy atom. The molecule has 0 amide bonds. The molecule has 0 heterocycles. The minimum Gasteiger partial charge on any atom is -0.102 e. The molecule has 0 radical (unpaired) electrons. The number of hydrogen-bond acceptors (Lipinski definition) is 0. The molecule has 0 aromatic rings. The summed E-state index contributed by atoms with van der Waals surface area (Å²) in [5.41, 5.74) is 1.82. The van der Waals surface area contributed by atoms with Crippen molar-refractivity contribution in [1.29, 1.82) is 0 Å². The van der Waals surface area contributed by atoms with Gasteiger partial charge in [0.15, 0.2) is 0 Å². The van der Waals surface area contributed by atoms with E-state index in [1.54, 1.807) is 0 Å². The van der Waals surface area contributed by atoms with Crippen LogP contribution >= 0.6 is 0 Å². The van der Waals surface area contributed by atoms with Gasteiger partial charge in [0.25, 0.3) is 0 Å². The zero-order valence-electron chi connectivity index (χ0n) is 6.98. The van der Waals surface area contributed by atoms with E-state index in [9.17, 15) is 0 Å². The molecule has 0 fully saturated rings. The van der Waals surface area contributed by atoms with Gasteiger partial charge in [0.2, 0.25) is 0 Å². The standard InChI is InChI=1S/C10H16/c1-4-10(3)7-5-6-9(2)8-10/h4,8H,1,5-7H2,2-3H3. The number of rotatable bonds is 1. The van der Waals surface area contributed by atoms with Gasteiger partial charge in [0.1, 0.15) is 0 Å². The molecule has 1 aliphatic rings. The average molecular weight is 136 g/mol. The average Bonchev–Trinajstić information content (AvgIpc) is 1.88. The summed E-state index contributed by atoms with van der Waals surface area (Å²) in [4.78, 5) is 0. The zero-order chi connectivity index (χ0) is 7.61. The molecule has 0 aromatic carbocycles. The van der Waals surface area contributed by atoms with Crippen LogP contribution in [0.2, 0.25) is 0 Å². The molecule has 10 heavy (non-hydrogen) atoms. The summed E-state index contributed by atoms with van der Waals surface area (Å²) in [6, 6.07) is 0. The van der Waals surface area contributed by atoms with Gasteiger partial charge in [-0.1, -0.05) is 24.6 Å². The zero-order valence-corrected chi connectivity index (χ0v) is 6.98. The molecule has 0 saturated heterocycles. The Balaban J connectivity index is 2.78. The van der Waals surface area contributed by atoms with E-state index >= 15 is 0 Å². The van der Waals surface area contributed by atoms with Gasteiger partial charge in [0.05, 0.1) is 0 Å². The summed E-state index contributed by atoms with van der Waals surface area (Å²) in [7, 11) is 0. The lowest BCUT2D eigenvalue weighted by Gasteiger charge is -2.26. The lowest BCUT2D eigenvalue weighted by molar-refractivity contribution is 0.451. The molecule has 0 saturated carbocycles. The molecule has 56 valence electrons. The van der Waals surface area contributed by atoms with E-state index in [0.717, 1.165) is 0 Å². The van der Waals surface area contributed by atoms with Gasteiger partial charge >= 0.3 is 0 Å². The van der Waals surface area contributed by atoms with Crippen molar-refractivity contribution in [3.63, 3.8) is 0 Å². The first-order chi connectivity index (χ1) is 4.66. The highest BCUT2D eigenvalue weighted by Crippen LogP contribution is 2.34. The first-order valence-electron chi connectivity index (χ1n) is 3.98. The first-order valence-corrected chi connectivity index (χ1v) is 3.98. The van der Waals surface area contributed by atoms with E-state index in [-0.39, 0.29) is 0 Å². The van der Waals surface area contributed by atoms with E-state index in [2.05, 4.69) is 32.6 Å². The van der Waals surface area contributed by atoms with Crippen molar-refractivity contribution in [2.45, 2.75) is 33.1 Å². The Labute approximate surface area is 63.6 Å².